The van der Waals surface area contributed by atoms with Crippen LogP contribution in [0.25, 0.3) is 49.7 Å². The van der Waals surface area contributed by atoms with E-state index < -0.39 is 0 Å². The number of hydrazone groups is 3. The molecule has 0 fully saturated rings. The predicted molar refractivity (Wildman–Crippen MR) is 311 cm³/mol. The number of nitrogens with zero attached hydrogens (tertiary/aromatic N) is 10. The number of ether oxygens (including phenoxy) is 2. The highest BCUT2D eigenvalue weighted by Gasteiger charge is 2.15. The molecule has 0 atom stereocenters. The van der Waals surface area contributed by atoms with E-state index in [1.165, 1.54) is 21.5 Å². The number of rotatable bonds is 21. The van der Waals surface area contributed by atoms with Gasteiger partial charge >= 0.3 is 0 Å². The summed E-state index contributed by atoms with van der Waals surface area (Å²) in [7, 11) is 6.01. The highest BCUT2D eigenvalue weighted by Crippen LogP contribution is 2.33. The third-order valence-corrected chi connectivity index (χ3v) is 13.4. The SMILES string of the molecule is CN(/C=C/c1ccc2c(c1)c1cc(/C=N/N(C)c3ccccc3)ccc1n2CCOCCOCCn1c2ccc(/C=N/N(C)c3ccccc3)cc2c2cc(/C=N/N(C#N)c3ccccc3)ccc21)C1=CCCC=C1. The van der Waals surface area contributed by atoms with Crippen LogP contribution in [0.1, 0.15) is 35.1 Å². The zero-order valence-electron chi connectivity index (χ0n) is 42.7. The molecule has 7 aromatic carbocycles. The number of hydrogen-bond acceptors (Lipinski definition) is 10. The van der Waals surface area contributed by atoms with Crippen LogP contribution >= 0.6 is 0 Å². The summed E-state index contributed by atoms with van der Waals surface area (Å²) in [4.78, 5) is 2.18. The first kappa shape index (κ1) is 49.6. The lowest BCUT2D eigenvalue weighted by atomic mass is 10.1. The van der Waals surface area contributed by atoms with Gasteiger partial charge in [0.05, 0.1) is 62.1 Å². The molecule has 2 aromatic heterocycles. The van der Waals surface area contributed by atoms with Crippen molar-refractivity contribution in [1.29, 1.82) is 5.26 Å². The van der Waals surface area contributed by atoms with Crippen molar-refractivity contribution in [3.63, 3.8) is 0 Å². The minimum Gasteiger partial charge on any atom is -0.377 e. The van der Waals surface area contributed by atoms with Gasteiger partial charge in [0.1, 0.15) is 0 Å². The summed E-state index contributed by atoms with van der Waals surface area (Å²) in [5, 5.41) is 33.5. The van der Waals surface area contributed by atoms with Crippen molar-refractivity contribution in [1.82, 2.24) is 14.0 Å². The molecule has 0 spiro atoms. The average Bonchev–Trinajstić information content (AvgIpc) is 3.95. The molecule has 374 valence electrons. The van der Waals surface area contributed by atoms with Crippen LogP contribution in [0.4, 0.5) is 17.1 Å². The van der Waals surface area contributed by atoms with Gasteiger partial charge in [0.2, 0.25) is 6.19 Å². The Kier molecular flexibility index (Phi) is 15.6. The molecule has 0 N–H and O–H groups in total. The molecule has 1 aliphatic rings. The second kappa shape index (κ2) is 23.7. The Hall–Kier alpha value is -9.02. The van der Waals surface area contributed by atoms with Gasteiger partial charge in [0.25, 0.3) is 0 Å². The molecule has 9 aromatic rings. The van der Waals surface area contributed by atoms with Crippen molar-refractivity contribution in [2.45, 2.75) is 25.9 Å². The zero-order valence-corrected chi connectivity index (χ0v) is 42.7. The molecule has 0 aliphatic heterocycles. The number of likely N-dealkylation sites (N-methyl/N-ethyl adjacent to an activating group) is 1. The summed E-state index contributed by atoms with van der Waals surface area (Å²) >= 11 is 0. The van der Waals surface area contributed by atoms with Crippen molar-refractivity contribution in [3.05, 3.63) is 216 Å². The molecule has 10 rings (SSSR count). The van der Waals surface area contributed by atoms with Gasteiger partial charge in [-0.25, -0.2) is 0 Å². The fraction of sp³-hybridized carbons (Fsp3) is 0.175. The average molecular weight is 989 g/mol. The monoisotopic (exact) mass is 988 g/mol. The molecule has 0 unspecified atom stereocenters. The Morgan fingerprint density at radius 2 is 0.933 bits per heavy atom. The Bertz CT molecular complexity index is 3640. The molecule has 1 aliphatic carbocycles. The molecule has 0 saturated heterocycles. The van der Waals surface area contributed by atoms with Gasteiger partial charge in [0, 0.05) is 89.7 Å². The van der Waals surface area contributed by atoms with Gasteiger partial charge in [-0.15, -0.1) is 0 Å². The highest BCUT2D eigenvalue weighted by molar-refractivity contribution is 6.12. The fourth-order valence-electron chi connectivity index (χ4n) is 9.45. The second-order valence-corrected chi connectivity index (χ2v) is 18.4. The van der Waals surface area contributed by atoms with E-state index in [1.54, 1.807) is 6.21 Å². The first-order chi connectivity index (χ1) is 36.9. The lowest BCUT2D eigenvalue weighted by Gasteiger charge is -2.17. The minimum absolute atomic E-state index is 0.466. The van der Waals surface area contributed by atoms with Crippen LogP contribution in [-0.4, -0.2) is 80.2 Å². The number of allylic oxidation sites excluding steroid dienone is 3. The standard InChI is InChI=1S/C63H60N10O2/c1-68(52-16-8-4-9-17-52)33-32-48-24-28-60-56(40-48)57-41-49(44-65-69(2)53-18-10-5-11-19-53)25-29-61(57)71(60)34-36-74-38-39-75-37-35-72-62-30-26-50(45-66-70(3)54-20-12-6-13-21-54)42-58(62)59-43-51(27-31-63(59)72)46-67-73(47-64)55-22-14-7-15-23-55/h5-8,10-33,40-46H,4,9,34-39H2,1-3H3/b33-32+,65-44+,66-45+,67-46+. The van der Waals surface area contributed by atoms with E-state index in [-0.39, 0.29) is 0 Å². The number of para-hydroxylation sites is 3. The van der Waals surface area contributed by atoms with Crippen molar-refractivity contribution >= 4 is 85.4 Å². The molecule has 0 amide bonds. The molecule has 0 bridgehead atoms. The maximum absolute atomic E-state index is 9.87. The topological polar surface area (TPSA) is 102 Å². The van der Waals surface area contributed by atoms with Crippen LogP contribution in [0.5, 0.6) is 0 Å². The van der Waals surface area contributed by atoms with Crippen molar-refractivity contribution in [3.8, 4) is 6.19 Å². The molecule has 0 radical (unpaired) electrons. The third kappa shape index (κ3) is 11.8. The molecular weight excluding hydrogens is 929 g/mol. The Morgan fingerprint density at radius 3 is 1.37 bits per heavy atom. The van der Waals surface area contributed by atoms with Gasteiger partial charge in [-0.3, -0.25) is 10.0 Å². The quantitative estimate of drug-likeness (QED) is 0.0232. The van der Waals surface area contributed by atoms with E-state index in [4.69, 9.17) is 19.7 Å². The third-order valence-electron chi connectivity index (χ3n) is 13.4. The van der Waals surface area contributed by atoms with Crippen LogP contribution in [0.3, 0.4) is 0 Å². The molecule has 0 saturated carbocycles. The molecule has 12 heteroatoms. The van der Waals surface area contributed by atoms with Crippen molar-refractivity contribution in [2.75, 3.05) is 62.6 Å². The summed E-state index contributed by atoms with van der Waals surface area (Å²) in [6.45, 7) is 3.31. The van der Waals surface area contributed by atoms with Crippen LogP contribution < -0.4 is 15.0 Å². The maximum Gasteiger partial charge on any atom is 0.206 e. The van der Waals surface area contributed by atoms with Gasteiger partial charge in [-0.05, 0) is 132 Å². The van der Waals surface area contributed by atoms with Crippen molar-refractivity contribution < 1.29 is 9.47 Å². The van der Waals surface area contributed by atoms with E-state index >= 15 is 0 Å². The smallest absolute Gasteiger partial charge is 0.206 e. The van der Waals surface area contributed by atoms with Crippen LogP contribution in [0.2, 0.25) is 0 Å². The Morgan fingerprint density at radius 1 is 0.507 bits per heavy atom. The van der Waals surface area contributed by atoms with E-state index in [0.29, 0.717) is 45.2 Å². The molecular formula is C63H60N10O2. The zero-order chi connectivity index (χ0) is 51.3. The minimum atomic E-state index is 0.466. The number of fused-ring (bicyclic) bond motifs is 6. The van der Waals surface area contributed by atoms with Crippen LogP contribution in [0.15, 0.2) is 209 Å². The molecule has 2 heterocycles. The lowest BCUT2D eigenvalue weighted by molar-refractivity contribution is 0.0431. The van der Waals surface area contributed by atoms with Gasteiger partial charge in [-0.2, -0.15) is 25.6 Å². The number of benzene rings is 7. The first-order valence-corrected chi connectivity index (χ1v) is 25.4. The number of anilines is 3. The summed E-state index contributed by atoms with van der Waals surface area (Å²) in [5.74, 6) is 0. The Labute approximate surface area is 438 Å². The Balaban J connectivity index is 0.819. The molecule has 12 nitrogen and oxygen atoms in total. The first-order valence-electron chi connectivity index (χ1n) is 25.4. The van der Waals surface area contributed by atoms with Crippen molar-refractivity contribution in [2.24, 2.45) is 15.3 Å². The van der Waals surface area contributed by atoms with E-state index in [1.807, 2.05) is 121 Å². The summed E-state index contributed by atoms with van der Waals surface area (Å²) in [6.07, 6.45) is 20.9. The summed E-state index contributed by atoms with van der Waals surface area (Å²) in [6, 6.07) is 55.6. The number of aromatic nitrogens is 2. The summed E-state index contributed by atoms with van der Waals surface area (Å²) < 4.78 is 17.2. The second-order valence-electron chi connectivity index (χ2n) is 18.4. The fourth-order valence-corrected chi connectivity index (χ4v) is 9.45. The number of hydrogen-bond donors (Lipinski definition) is 0. The lowest BCUT2D eigenvalue weighted by Crippen LogP contribution is -2.12. The van der Waals surface area contributed by atoms with E-state index in [0.717, 1.165) is 79.3 Å². The number of nitriles is 1. The largest absolute Gasteiger partial charge is 0.377 e. The normalized spacial score (nSPS) is 12.9. The van der Waals surface area contributed by atoms with Crippen LogP contribution in [0, 0.1) is 11.5 Å². The van der Waals surface area contributed by atoms with Crippen LogP contribution in [-0.2, 0) is 22.6 Å². The van der Waals surface area contributed by atoms with E-state index in [2.05, 4.69) is 142 Å². The van der Waals surface area contributed by atoms with Gasteiger partial charge < -0.3 is 23.5 Å². The maximum atomic E-state index is 9.87. The predicted octanol–water partition coefficient (Wildman–Crippen LogP) is 13.0. The highest BCUT2D eigenvalue weighted by atomic mass is 16.5. The van der Waals surface area contributed by atoms with Gasteiger partial charge in [-0.1, -0.05) is 91.0 Å². The molecule has 75 heavy (non-hydrogen) atoms. The van der Waals surface area contributed by atoms with E-state index in [9.17, 15) is 5.26 Å². The summed E-state index contributed by atoms with van der Waals surface area (Å²) in [5.41, 5.74) is 12.4. The van der Waals surface area contributed by atoms with Gasteiger partial charge in [0.15, 0.2) is 0 Å².